The van der Waals surface area contributed by atoms with Crippen molar-refractivity contribution in [3.05, 3.63) is 91.4 Å². The van der Waals surface area contributed by atoms with Gasteiger partial charge in [-0.05, 0) is 53.9 Å². The van der Waals surface area contributed by atoms with Crippen LogP contribution in [0, 0.1) is 6.92 Å². The summed E-state index contributed by atoms with van der Waals surface area (Å²) in [4.78, 5) is 12.0. The van der Waals surface area contributed by atoms with Crippen LogP contribution in [0.3, 0.4) is 0 Å². The standard InChI is InChI=1S/C22H17Cl4N3O2/c1-13-4-2-3-5-20(13)28-22(30)29-27-11-15-9-18(25)21(19(26)10-15)31-12-14-6-7-16(23)17(24)8-14/h2-11H,12H2,1H3,(H2,28,29,30). The minimum atomic E-state index is -0.468. The van der Waals surface area contributed by atoms with Crippen molar-refractivity contribution in [3.8, 4) is 5.75 Å². The third kappa shape index (κ3) is 6.52. The third-order valence-corrected chi connectivity index (χ3v) is 5.46. The van der Waals surface area contributed by atoms with Crippen molar-refractivity contribution in [2.24, 2.45) is 5.10 Å². The zero-order valence-electron chi connectivity index (χ0n) is 16.3. The van der Waals surface area contributed by atoms with Crippen molar-refractivity contribution >= 4 is 64.3 Å². The van der Waals surface area contributed by atoms with Crippen molar-refractivity contribution in [1.29, 1.82) is 0 Å². The molecule has 0 fully saturated rings. The van der Waals surface area contributed by atoms with E-state index in [0.29, 0.717) is 37.1 Å². The second kappa shape index (κ2) is 10.7. The maximum atomic E-state index is 12.0. The van der Waals surface area contributed by atoms with Crippen LogP contribution in [0.25, 0.3) is 0 Å². The predicted octanol–water partition coefficient (Wildman–Crippen LogP) is 7.34. The number of carbonyl (C=O) groups is 1. The third-order valence-electron chi connectivity index (χ3n) is 4.16. The minimum absolute atomic E-state index is 0.213. The quantitative estimate of drug-likeness (QED) is 0.277. The maximum absolute atomic E-state index is 12.0. The van der Waals surface area contributed by atoms with E-state index in [9.17, 15) is 4.79 Å². The number of urea groups is 1. The Morgan fingerprint density at radius 3 is 2.35 bits per heavy atom. The highest BCUT2D eigenvalue weighted by molar-refractivity contribution is 6.42. The summed E-state index contributed by atoms with van der Waals surface area (Å²) in [5, 5.41) is 8.14. The van der Waals surface area contributed by atoms with Crippen LogP contribution in [0.15, 0.2) is 59.7 Å². The minimum Gasteiger partial charge on any atom is -0.486 e. The fraction of sp³-hybridized carbons (Fsp3) is 0.0909. The van der Waals surface area contributed by atoms with Gasteiger partial charge in [0.1, 0.15) is 6.61 Å². The summed E-state index contributed by atoms with van der Waals surface area (Å²) in [7, 11) is 0. The van der Waals surface area contributed by atoms with E-state index in [2.05, 4.69) is 15.8 Å². The molecule has 0 heterocycles. The molecule has 0 saturated heterocycles. The van der Waals surface area contributed by atoms with Gasteiger partial charge in [0, 0.05) is 5.69 Å². The Hall–Kier alpha value is -2.44. The zero-order chi connectivity index (χ0) is 22.4. The Morgan fingerprint density at radius 1 is 0.968 bits per heavy atom. The summed E-state index contributed by atoms with van der Waals surface area (Å²) < 4.78 is 5.73. The monoisotopic (exact) mass is 495 g/mol. The van der Waals surface area contributed by atoms with Crippen LogP contribution in [0.5, 0.6) is 5.75 Å². The Morgan fingerprint density at radius 2 is 1.68 bits per heavy atom. The van der Waals surface area contributed by atoms with Gasteiger partial charge in [-0.25, -0.2) is 10.2 Å². The molecular formula is C22H17Cl4N3O2. The fourth-order valence-electron chi connectivity index (χ4n) is 2.61. The van der Waals surface area contributed by atoms with E-state index in [-0.39, 0.29) is 6.61 Å². The molecule has 0 radical (unpaired) electrons. The summed E-state index contributed by atoms with van der Waals surface area (Å²) in [6, 6.07) is 15.4. The molecule has 0 spiro atoms. The number of aryl methyl sites for hydroxylation is 1. The highest BCUT2D eigenvalue weighted by Crippen LogP contribution is 2.34. The highest BCUT2D eigenvalue weighted by atomic mass is 35.5. The van der Waals surface area contributed by atoms with Gasteiger partial charge in [0.05, 0.1) is 26.3 Å². The first-order valence-corrected chi connectivity index (χ1v) is 10.6. The topological polar surface area (TPSA) is 62.7 Å². The first-order valence-electron chi connectivity index (χ1n) is 9.05. The molecule has 3 aromatic rings. The van der Waals surface area contributed by atoms with Crippen LogP contribution >= 0.6 is 46.4 Å². The molecule has 3 aromatic carbocycles. The lowest BCUT2D eigenvalue weighted by molar-refractivity contribution is 0.252. The predicted molar refractivity (Wildman–Crippen MR) is 128 cm³/mol. The van der Waals surface area contributed by atoms with E-state index >= 15 is 0 Å². The Kier molecular flexibility index (Phi) is 8.04. The van der Waals surface area contributed by atoms with Crippen LogP contribution in [0.4, 0.5) is 10.5 Å². The number of benzene rings is 3. The smallest absolute Gasteiger partial charge is 0.339 e. The van der Waals surface area contributed by atoms with E-state index in [1.807, 2.05) is 25.1 Å². The van der Waals surface area contributed by atoms with Gasteiger partial charge in [-0.15, -0.1) is 0 Å². The van der Waals surface area contributed by atoms with Crippen LogP contribution < -0.4 is 15.5 Å². The van der Waals surface area contributed by atoms with Crippen LogP contribution in [0.1, 0.15) is 16.7 Å². The summed E-state index contributed by atoms with van der Waals surface area (Å²) in [5.74, 6) is 0.330. The van der Waals surface area contributed by atoms with Gasteiger partial charge in [-0.2, -0.15) is 5.10 Å². The number of rotatable bonds is 6. The summed E-state index contributed by atoms with van der Waals surface area (Å²) in [5.41, 5.74) is 5.44. The second-order valence-electron chi connectivity index (χ2n) is 6.49. The molecule has 5 nitrogen and oxygen atoms in total. The summed E-state index contributed by atoms with van der Waals surface area (Å²) in [6.07, 6.45) is 1.43. The van der Waals surface area contributed by atoms with Crippen LogP contribution in [-0.2, 0) is 6.61 Å². The lowest BCUT2D eigenvalue weighted by Gasteiger charge is -2.11. The number of halogens is 4. The number of ether oxygens (including phenoxy) is 1. The number of anilines is 1. The molecule has 0 aliphatic heterocycles. The molecule has 0 aliphatic rings. The SMILES string of the molecule is Cc1ccccc1NC(=O)NN=Cc1cc(Cl)c(OCc2ccc(Cl)c(Cl)c2)c(Cl)c1. The van der Waals surface area contributed by atoms with E-state index < -0.39 is 6.03 Å². The molecule has 0 aromatic heterocycles. The first kappa shape index (κ1) is 23.2. The first-order chi connectivity index (χ1) is 14.8. The maximum Gasteiger partial charge on any atom is 0.339 e. The van der Waals surface area contributed by atoms with E-state index in [1.165, 1.54) is 6.21 Å². The summed E-state index contributed by atoms with van der Waals surface area (Å²) >= 11 is 24.5. The number of hydrogen-bond donors (Lipinski definition) is 2. The van der Waals surface area contributed by atoms with Crippen molar-refractivity contribution < 1.29 is 9.53 Å². The normalized spacial score (nSPS) is 10.9. The molecule has 9 heteroatoms. The zero-order valence-corrected chi connectivity index (χ0v) is 19.3. The van der Waals surface area contributed by atoms with E-state index in [1.54, 1.807) is 36.4 Å². The van der Waals surface area contributed by atoms with Gasteiger partial charge in [0.15, 0.2) is 5.75 Å². The number of hydrogen-bond acceptors (Lipinski definition) is 3. The average Bonchev–Trinajstić information content (AvgIpc) is 2.72. The van der Waals surface area contributed by atoms with Gasteiger partial charge < -0.3 is 10.1 Å². The van der Waals surface area contributed by atoms with E-state index in [0.717, 1.165) is 11.1 Å². The lowest BCUT2D eigenvalue weighted by atomic mass is 10.2. The van der Waals surface area contributed by atoms with Gasteiger partial charge in [0.2, 0.25) is 0 Å². The van der Waals surface area contributed by atoms with Crippen LogP contribution in [-0.4, -0.2) is 12.2 Å². The largest absolute Gasteiger partial charge is 0.486 e. The lowest BCUT2D eigenvalue weighted by Crippen LogP contribution is -2.24. The Bertz CT molecular complexity index is 1110. The molecule has 0 unspecified atom stereocenters. The van der Waals surface area contributed by atoms with Gasteiger partial charge in [0.25, 0.3) is 0 Å². The highest BCUT2D eigenvalue weighted by Gasteiger charge is 2.10. The molecule has 0 bridgehead atoms. The fourth-order valence-corrected chi connectivity index (χ4v) is 3.54. The molecule has 160 valence electrons. The number of para-hydroxylation sites is 1. The van der Waals surface area contributed by atoms with Crippen molar-refractivity contribution in [2.45, 2.75) is 13.5 Å². The summed E-state index contributed by atoms with van der Waals surface area (Å²) in [6.45, 7) is 2.11. The van der Waals surface area contributed by atoms with Crippen molar-refractivity contribution in [1.82, 2.24) is 5.43 Å². The average molecular weight is 497 g/mol. The molecular weight excluding hydrogens is 480 g/mol. The Balaban J connectivity index is 1.60. The van der Waals surface area contributed by atoms with E-state index in [4.69, 9.17) is 51.1 Å². The second-order valence-corrected chi connectivity index (χ2v) is 8.12. The molecule has 3 rings (SSSR count). The number of nitrogens with zero attached hydrogens (tertiary/aromatic N) is 1. The van der Waals surface area contributed by atoms with Gasteiger partial charge in [-0.1, -0.05) is 70.7 Å². The molecule has 31 heavy (non-hydrogen) atoms. The van der Waals surface area contributed by atoms with Crippen molar-refractivity contribution in [3.63, 3.8) is 0 Å². The van der Waals surface area contributed by atoms with Crippen molar-refractivity contribution in [2.75, 3.05) is 5.32 Å². The number of nitrogens with one attached hydrogen (secondary N) is 2. The molecule has 2 amide bonds. The molecule has 0 atom stereocenters. The van der Waals surface area contributed by atoms with Crippen LogP contribution in [0.2, 0.25) is 20.1 Å². The molecule has 2 N–H and O–H groups in total. The van der Waals surface area contributed by atoms with Gasteiger partial charge >= 0.3 is 6.03 Å². The number of amides is 2. The number of carbonyl (C=O) groups excluding carboxylic acids is 1. The number of hydrazone groups is 1. The molecule has 0 aliphatic carbocycles. The molecule has 0 saturated carbocycles. The Labute approximate surface area is 199 Å². The van der Waals surface area contributed by atoms with Gasteiger partial charge in [-0.3, -0.25) is 0 Å².